The molecule has 1 unspecified atom stereocenters. The number of hydrogen-bond donors (Lipinski definition) is 1. The molecule has 0 saturated carbocycles. The number of anilines is 1. The van der Waals surface area contributed by atoms with E-state index in [1.165, 1.54) is 0 Å². The highest BCUT2D eigenvalue weighted by Crippen LogP contribution is 2.20. The van der Waals surface area contributed by atoms with E-state index in [9.17, 15) is 4.79 Å². The first-order valence-electron chi connectivity index (χ1n) is 7.38. The van der Waals surface area contributed by atoms with Crippen molar-refractivity contribution >= 4 is 11.6 Å². The summed E-state index contributed by atoms with van der Waals surface area (Å²) in [6.45, 7) is 1.35. The molecule has 2 aromatic rings. The second-order valence-corrected chi connectivity index (χ2v) is 5.14. The van der Waals surface area contributed by atoms with Gasteiger partial charge in [0.15, 0.2) is 0 Å². The van der Waals surface area contributed by atoms with E-state index in [2.05, 4.69) is 10.3 Å². The molecule has 5 heteroatoms. The van der Waals surface area contributed by atoms with Gasteiger partial charge in [0.2, 0.25) is 0 Å². The summed E-state index contributed by atoms with van der Waals surface area (Å²) < 4.78 is 11.3. The fraction of sp³-hybridized carbons (Fsp3) is 0.294. The number of rotatable bonds is 5. The number of aromatic nitrogens is 1. The standard InChI is InChI=1S/C17H18N2O3/c20-17(16-8-1-2-9-18-16)19-13-5-3-6-14(11-13)22-12-15-7-4-10-21-15/h1-3,5-6,8-9,11,15H,4,7,10,12H2,(H,19,20). The molecule has 1 saturated heterocycles. The molecule has 5 nitrogen and oxygen atoms in total. The van der Waals surface area contributed by atoms with Gasteiger partial charge < -0.3 is 14.8 Å². The summed E-state index contributed by atoms with van der Waals surface area (Å²) >= 11 is 0. The van der Waals surface area contributed by atoms with Crippen molar-refractivity contribution in [2.24, 2.45) is 0 Å². The van der Waals surface area contributed by atoms with Crippen LogP contribution in [0.3, 0.4) is 0 Å². The summed E-state index contributed by atoms with van der Waals surface area (Å²) in [5, 5.41) is 2.81. The molecule has 3 rings (SSSR count). The SMILES string of the molecule is O=C(Nc1cccc(OCC2CCCO2)c1)c1ccccn1. The minimum atomic E-state index is -0.239. The number of ether oxygens (including phenoxy) is 2. The second kappa shape index (κ2) is 7.04. The monoisotopic (exact) mass is 298 g/mol. The first-order chi connectivity index (χ1) is 10.8. The minimum absolute atomic E-state index is 0.173. The third kappa shape index (κ3) is 3.83. The molecule has 2 heterocycles. The van der Waals surface area contributed by atoms with Gasteiger partial charge in [0.05, 0.1) is 6.10 Å². The normalized spacial score (nSPS) is 17.2. The van der Waals surface area contributed by atoms with E-state index in [0.717, 1.165) is 19.4 Å². The topological polar surface area (TPSA) is 60.5 Å². The molecule has 1 atom stereocenters. The van der Waals surface area contributed by atoms with Gasteiger partial charge in [-0.2, -0.15) is 0 Å². The fourth-order valence-electron chi connectivity index (χ4n) is 2.32. The third-order valence-corrected chi connectivity index (χ3v) is 3.45. The van der Waals surface area contributed by atoms with Crippen LogP contribution in [0.1, 0.15) is 23.3 Å². The van der Waals surface area contributed by atoms with Crippen molar-refractivity contribution in [2.45, 2.75) is 18.9 Å². The summed E-state index contributed by atoms with van der Waals surface area (Å²) in [5.41, 5.74) is 1.06. The van der Waals surface area contributed by atoms with E-state index >= 15 is 0 Å². The zero-order valence-corrected chi connectivity index (χ0v) is 12.2. The number of hydrogen-bond acceptors (Lipinski definition) is 4. The molecule has 1 aromatic carbocycles. The summed E-state index contributed by atoms with van der Waals surface area (Å²) in [6.07, 6.45) is 3.90. The first-order valence-corrected chi connectivity index (χ1v) is 7.38. The van der Waals surface area contributed by atoms with Gasteiger partial charge in [-0.25, -0.2) is 0 Å². The van der Waals surface area contributed by atoms with Gasteiger partial charge in [0, 0.05) is 24.6 Å². The number of amides is 1. The molecular formula is C17H18N2O3. The van der Waals surface area contributed by atoms with E-state index in [1.807, 2.05) is 18.2 Å². The smallest absolute Gasteiger partial charge is 0.274 e. The zero-order valence-electron chi connectivity index (χ0n) is 12.2. The van der Waals surface area contributed by atoms with Gasteiger partial charge in [-0.1, -0.05) is 12.1 Å². The van der Waals surface area contributed by atoms with Crippen LogP contribution >= 0.6 is 0 Å². The van der Waals surface area contributed by atoms with Crippen LogP contribution in [-0.2, 0) is 4.74 Å². The van der Waals surface area contributed by atoms with Gasteiger partial charge in [-0.3, -0.25) is 9.78 Å². The molecule has 1 fully saturated rings. The highest BCUT2D eigenvalue weighted by atomic mass is 16.5. The van der Waals surface area contributed by atoms with Gasteiger partial charge in [0.25, 0.3) is 5.91 Å². The van der Waals surface area contributed by atoms with E-state index in [0.29, 0.717) is 23.7 Å². The van der Waals surface area contributed by atoms with Crippen LogP contribution in [0.4, 0.5) is 5.69 Å². The van der Waals surface area contributed by atoms with Gasteiger partial charge >= 0.3 is 0 Å². The lowest BCUT2D eigenvalue weighted by atomic mass is 10.2. The van der Waals surface area contributed by atoms with Crippen LogP contribution in [0.2, 0.25) is 0 Å². The molecule has 1 aliphatic heterocycles. The molecule has 22 heavy (non-hydrogen) atoms. The molecule has 1 aliphatic rings. The maximum absolute atomic E-state index is 12.1. The molecule has 0 aliphatic carbocycles. The third-order valence-electron chi connectivity index (χ3n) is 3.45. The number of carbonyl (C=O) groups excluding carboxylic acids is 1. The maximum Gasteiger partial charge on any atom is 0.274 e. The number of benzene rings is 1. The molecular weight excluding hydrogens is 280 g/mol. The Morgan fingerprint density at radius 1 is 1.32 bits per heavy atom. The van der Waals surface area contributed by atoms with Gasteiger partial charge in [0.1, 0.15) is 18.1 Å². The molecule has 0 spiro atoms. The Labute approximate surface area is 129 Å². The Morgan fingerprint density at radius 2 is 2.27 bits per heavy atom. The summed E-state index contributed by atoms with van der Waals surface area (Å²) in [5.74, 6) is 0.478. The molecule has 1 aromatic heterocycles. The number of pyridine rings is 1. The Morgan fingerprint density at radius 3 is 3.05 bits per heavy atom. The molecule has 1 amide bonds. The summed E-state index contributed by atoms with van der Waals surface area (Å²) in [6, 6.07) is 12.6. The van der Waals surface area contributed by atoms with Crippen molar-refractivity contribution in [1.29, 1.82) is 0 Å². The van der Waals surface area contributed by atoms with Crippen LogP contribution in [0.25, 0.3) is 0 Å². The lowest BCUT2D eigenvalue weighted by molar-refractivity contribution is 0.0680. The van der Waals surface area contributed by atoms with E-state index in [-0.39, 0.29) is 12.0 Å². The average molecular weight is 298 g/mol. The Hall–Kier alpha value is -2.40. The van der Waals surface area contributed by atoms with E-state index in [1.54, 1.807) is 30.5 Å². The van der Waals surface area contributed by atoms with Crippen LogP contribution in [0.5, 0.6) is 5.75 Å². The van der Waals surface area contributed by atoms with Gasteiger partial charge in [-0.05, 0) is 37.1 Å². The van der Waals surface area contributed by atoms with Crippen LogP contribution in [0, 0.1) is 0 Å². The second-order valence-electron chi connectivity index (χ2n) is 5.14. The molecule has 0 bridgehead atoms. The highest BCUT2D eigenvalue weighted by Gasteiger charge is 2.16. The van der Waals surface area contributed by atoms with Crippen LogP contribution in [-0.4, -0.2) is 30.2 Å². The zero-order chi connectivity index (χ0) is 15.2. The van der Waals surface area contributed by atoms with Crippen molar-refractivity contribution in [3.8, 4) is 5.75 Å². The lowest BCUT2D eigenvalue weighted by Gasteiger charge is -2.12. The van der Waals surface area contributed by atoms with Crippen molar-refractivity contribution in [3.63, 3.8) is 0 Å². The van der Waals surface area contributed by atoms with E-state index in [4.69, 9.17) is 9.47 Å². The van der Waals surface area contributed by atoms with E-state index < -0.39 is 0 Å². The molecule has 114 valence electrons. The Kier molecular flexibility index (Phi) is 4.65. The predicted molar refractivity (Wildman–Crippen MR) is 83.1 cm³/mol. The highest BCUT2D eigenvalue weighted by molar-refractivity contribution is 6.02. The maximum atomic E-state index is 12.1. The fourth-order valence-corrected chi connectivity index (χ4v) is 2.32. The Bertz CT molecular complexity index is 625. The number of nitrogens with zero attached hydrogens (tertiary/aromatic N) is 1. The molecule has 0 radical (unpaired) electrons. The first kappa shape index (κ1) is 14.5. The number of nitrogens with one attached hydrogen (secondary N) is 1. The van der Waals surface area contributed by atoms with Crippen molar-refractivity contribution < 1.29 is 14.3 Å². The number of carbonyl (C=O) groups is 1. The quantitative estimate of drug-likeness (QED) is 0.922. The largest absolute Gasteiger partial charge is 0.491 e. The van der Waals surface area contributed by atoms with Crippen LogP contribution in [0.15, 0.2) is 48.7 Å². The lowest BCUT2D eigenvalue weighted by Crippen LogP contribution is -2.16. The summed E-state index contributed by atoms with van der Waals surface area (Å²) in [4.78, 5) is 16.1. The van der Waals surface area contributed by atoms with Crippen molar-refractivity contribution in [3.05, 3.63) is 54.4 Å². The molecule has 1 N–H and O–H groups in total. The Balaban J connectivity index is 1.59. The van der Waals surface area contributed by atoms with Crippen molar-refractivity contribution in [1.82, 2.24) is 4.98 Å². The van der Waals surface area contributed by atoms with Crippen molar-refractivity contribution in [2.75, 3.05) is 18.5 Å². The predicted octanol–water partition coefficient (Wildman–Crippen LogP) is 2.89. The summed E-state index contributed by atoms with van der Waals surface area (Å²) in [7, 11) is 0. The van der Waals surface area contributed by atoms with Crippen LogP contribution < -0.4 is 10.1 Å². The average Bonchev–Trinajstić information content (AvgIpc) is 3.08. The van der Waals surface area contributed by atoms with Gasteiger partial charge in [-0.15, -0.1) is 0 Å². The minimum Gasteiger partial charge on any atom is -0.491 e.